The molecule has 128 valence electrons. The summed E-state index contributed by atoms with van der Waals surface area (Å²) in [4.78, 5) is 14.5. The number of rotatable bonds is 5. The molecule has 0 spiro atoms. The molecule has 0 saturated heterocycles. The van der Waals surface area contributed by atoms with E-state index in [4.69, 9.17) is 4.74 Å². The molecule has 4 atom stereocenters. The third kappa shape index (κ3) is 2.39. The topological polar surface area (TPSA) is 29.5 Å². The van der Waals surface area contributed by atoms with Gasteiger partial charge in [-0.2, -0.15) is 0 Å². The molecule has 4 heteroatoms. The summed E-state index contributed by atoms with van der Waals surface area (Å²) in [7, 11) is 8.81. The van der Waals surface area contributed by atoms with Crippen LogP contribution < -0.4 is 0 Å². The van der Waals surface area contributed by atoms with Gasteiger partial charge < -0.3 is 14.1 Å². The number of hydrogen-bond donors (Lipinski definition) is 0. The van der Waals surface area contributed by atoms with Crippen LogP contribution >= 0.6 is 0 Å². The summed E-state index contributed by atoms with van der Waals surface area (Å²) >= 11 is 0. The van der Waals surface area contributed by atoms with Crippen LogP contribution in [0.2, 0.25) is 0 Å². The number of ether oxygens (including phenoxy) is 1. The fraction of sp³-hybridized carbons (Fsp3) is 0.944. The van der Waals surface area contributed by atoms with E-state index in [1.807, 2.05) is 6.92 Å². The number of carbonyl (C=O) groups excluding carboxylic acids is 1. The molecule has 2 rings (SSSR count). The van der Waals surface area contributed by atoms with Crippen LogP contribution in [-0.4, -0.2) is 68.8 Å². The van der Waals surface area contributed by atoms with E-state index in [1.165, 1.54) is 12.8 Å². The van der Waals surface area contributed by atoms with Gasteiger partial charge in [0, 0.05) is 5.41 Å². The molecule has 4 nitrogen and oxygen atoms in total. The van der Waals surface area contributed by atoms with E-state index in [1.54, 1.807) is 0 Å². The molecule has 0 amide bonds. The van der Waals surface area contributed by atoms with Crippen molar-refractivity contribution >= 4 is 5.97 Å². The van der Waals surface area contributed by atoms with Crippen molar-refractivity contribution in [3.8, 4) is 0 Å². The molecular weight excluding hydrogens is 276 g/mol. The van der Waals surface area contributed by atoms with Crippen molar-refractivity contribution in [2.24, 2.45) is 16.7 Å². The summed E-state index contributed by atoms with van der Waals surface area (Å²) in [5, 5.41) is 0. The summed E-state index contributed by atoms with van der Waals surface area (Å²) < 4.78 is 5.95. The molecule has 2 saturated carbocycles. The minimum absolute atomic E-state index is 0.0748. The van der Waals surface area contributed by atoms with Gasteiger partial charge >= 0.3 is 5.97 Å². The number of hydrogen-bond acceptors (Lipinski definition) is 3. The van der Waals surface area contributed by atoms with Crippen molar-refractivity contribution < 1.29 is 14.0 Å². The molecule has 0 aromatic heterocycles. The Morgan fingerprint density at radius 1 is 1.27 bits per heavy atom. The number of carbonyl (C=O) groups is 1. The zero-order valence-corrected chi connectivity index (χ0v) is 15.8. The highest BCUT2D eigenvalue weighted by Gasteiger charge is 2.71. The Hall–Kier alpha value is -0.610. The predicted octanol–water partition coefficient (Wildman–Crippen LogP) is 2.38. The largest absolute Gasteiger partial charge is 0.462 e. The van der Waals surface area contributed by atoms with Gasteiger partial charge in [-0.15, -0.1) is 0 Å². The van der Waals surface area contributed by atoms with Crippen molar-refractivity contribution in [2.45, 2.75) is 52.6 Å². The normalized spacial score (nSPS) is 36.9. The molecule has 0 N–H and O–H groups in total. The SMILES string of the molecule is CCOC(=O)C[N+](C)(C)[C@H]1[C@H](N(C)C)[C@@H]2CC[C@]1(C)C2(C)C. The predicted molar refractivity (Wildman–Crippen MR) is 89.5 cm³/mol. The zero-order chi connectivity index (χ0) is 16.9. The summed E-state index contributed by atoms with van der Waals surface area (Å²) in [6.45, 7) is 10.1. The quantitative estimate of drug-likeness (QED) is 0.577. The van der Waals surface area contributed by atoms with E-state index in [0.29, 0.717) is 36.6 Å². The minimum Gasteiger partial charge on any atom is -0.462 e. The van der Waals surface area contributed by atoms with Crippen LogP contribution in [-0.2, 0) is 9.53 Å². The molecular formula is C18H35N2O2+. The maximum atomic E-state index is 12.1. The fourth-order valence-electron chi connectivity index (χ4n) is 5.75. The molecule has 0 aliphatic heterocycles. The Morgan fingerprint density at radius 3 is 2.36 bits per heavy atom. The van der Waals surface area contributed by atoms with Crippen molar-refractivity contribution in [3.63, 3.8) is 0 Å². The molecule has 0 heterocycles. The number of quaternary nitrogens is 1. The standard InChI is InChI=1S/C18H35N2O2/c1-9-22-14(21)12-20(7,8)16-15(19(5)6)13-10-11-18(16,4)17(13,2)3/h13,15-16H,9-12H2,1-8H3/q+1/t13-,15+,16-,18-/m0/s1. The Balaban J connectivity index is 2.36. The fourth-order valence-corrected chi connectivity index (χ4v) is 5.75. The van der Waals surface area contributed by atoms with Crippen LogP contribution in [0.1, 0.15) is 40.5 Å². The maximum Gasteiger partial charge on any atom is 0.361 e. The maximum absolute atomic E-state index is 12.1. The lowest BCUT2D eigenvalue weighted by Crippen LogP contribution is -2.64. The average Bonchev–Trinajstić information content (AvgIpc) is 2.68. The van der Waals surface area contributed by atoms with Crippen LogP contribution in [0.5, 0.6) is 0 Å². The Morgan fingerprint density at radius 2 is 1.86 bits per heavy atom. The highest BCUT2D eigenvalue weighted by molar-refractivity contribution is 5.70. The first kappa shape index (κ1) is 17.7. The van der Waals surface area contributed by atoms with Crippen LogP contribution in [0.4, 0.5) is 0 Å². The number of likely N-dealkylation sites (N-methyl/N-ethyl adjacent to an activating group) is 2. The molecule has 22 heavy (non-hydrogen) atoms. The molecule has 0 radical (unpaired) electrons. The lowest BCUT2D eigenvalue weighted by atomic mass is 9.68. The van der Waals surface area contributed by atoms with Crippen LogP contribution in [0, 0.1) is 16.7 Å². The lowest BCUT2D eigenvalue weighted by molar-refractivity contribution is -0.917. The van der Waals surface area contributed by atoms with Gasteiger partial charge in [0.05, 0.1) is 26.7 Å². The van der Waals surface area contributed by atoms with Gasteiger partial charge in [0.2, 0.25) is 0 Å². The van der Waals surface area contributed by atoms with E-state index in [2.05, 4.69) is 53.9 Å². The van der Waals surface area contributed by atoms with Gasteiger partial charge in [-0.3, -0.25) is 0 Å². The van der Waals surface area contributed by atoms with Crippen molar-refractivity contribution in [1.82, 2.24) is 4.90 Å². The van der Waals surface area contributed by atoms with Gasteiger partial charge in [0.25, 0.3) is 0 Å². The smallest absolute Gasteiger partial charge is 0.361 e. The number of esters is 1. The summed E-state index contributed by atoms with van der Waals surface area (Å²) in [6, 6.07) is 0.985. The van der Waals surface area contributed by atoms with E-state index < -0.39 is 0 Å². The van der Waals surface area contributed by atoms with Gasteiger partial charge in [0.15, 0.2) is 6.54 Å². The van der Waals surface area contributed by atoms with E-state index in [-0.39, 0.29) is 11.4 Å². The second kappa shape index (κ2) is 5.48. The molecule has 0 unspecified atom stereocenters. The molecule has 2 aliphatic carbocycles. The minimum atomic E-state index is -0.0748. The Labute approximate surface area is 136 Å². The van der Waals surface area contributed by atoms with Crippen molar-refractivity contribution in [1.29, 1.82) is 0 Å². The second-order valence-electron chi connectivity index (χ2n) is 8.93. The third-order valence-electron chi connectivity index (χ3n) is 6.95. The molecule has 2 bridgehead atoms. The summed E-state index contributed by atoms with van der Waals surface area (Å²) in [6.07, 6.45) is 2.58. The summed E-state index contributed by atoms with van der Waals surface area (Å²) in [5.74, 6) is 0.631. The van der Waals surface area contributed by atoms with E-state index in [9.17, 15) is 4.79 Å². The van der Waals surface area contributed by atoms with Gasteiger partial charge in [-0.05, 0) is 45.2 Å². The monoisotopic (exact) mass is 311 g/mol. The number of nitrogens with zero attached hydrogens (tertiary/aromatic N) is 2. The lowest BCUT2D eigenvalue weighted by Gasteiger charge is -2.50. The van der Waals surface area contributed by atoms with Crippen molar-refractivity contribution in [3.05, 3.63) is 0 Å². The van der Waals surface area contributed by atoms with Gasteiger partial charge in [-0.25, -0.2) is 4.79 Å². The van der Waals surface area contributed by atoms with Gasteiger partial charge in [0.1, 0.15) is 6.04 Å². The Kier molecular flexibility index (Phi) is 4.42. The zero-order valence-electron chi connectivity index (χ0n) is 15.8. The van der Waals surface area contributed by atoms with Crippen LogP contribution in [0.3, 0.4) is 0 Å². The highest BCUT2D eigenvalue weighted by atomic mass is 16.5. The van der Waals surface area contributed by atoms with Gasteiger partial charge in [-0.1, -0.05) is 20.8 Å². The second-order valence-corrected chi connectivity index (χ2v) is 8.93. The summed E-state index contributed by atoms with van der Waals surface area (Å²) in [5.41, 5.74) is 0.583. The first-order chi connectivity index (χ1) is 9.99. The molecule has 2 aliphatic rings. The average molecular weight is 311 g/mol. The molecule has 2 fully saturated rings. The molecule has 0 aromatic rings. The van der Waals surface area contributed by atoms with Crippen molar-refractivity contribution in [2.75, 3.05) is 41.3 Å². The highest BCUT2D eigenvalue weighted by Crippen LogP contribution is 2.67. The first-order valence-corrected chi connectivity index (χ1v) is 8.63. The third-order valence-corrected chi connectivity index (χ3v) is 6.95. The van der Waals surface area contributed by atoms with E-state index in [0.717, 1.165) is 4.48 Å². The first-order valence-electron chi connectivity index (χ1n) is 8.63. The van der Waals surface area contributed by atoms with E-state index >= 15 is 0 Å². The Bertz CT molecular complexity index is 444. The van der Waals surface area contributed by atoms with Crippen LogP contribution in [0.15, 0.2) is 0 Å². The van der Waals surface area contributed by atoms with Crippen LogP contribution in [0.25, 0.3) is 0 Å². The number of fused-ring (bicyclic) bond motifs is 2. The molecule has 0 aromatic carbocycles.